The molecular formula is C32H26BrF9N2O. The summed E-state index contributed by atoms with van der Waals surface area (Å²) in [6, 6.07) is 13.2. The first-order valence-electron chi connectivity index (χ1n) is 13.4. The Hall–Kier alpha value is -3.74. The van der Waals surface area contributed by atoms with E-state index in [2.05, 4.69) is 20.9 Å². The number of alkyl halides is 9. The minimum atomic E-state index is -5.08. The number of para-hydroxylation sites is 1. The van der Waals surface area contributed by atoms with E-state index in [1.54, 1.807) is 44.2 Å². The summed E-state index contributed by atoms with van der Waals surface area (Å²) < 4.78 is 131. The molecule has 0 radical (unpaired) electrons. The molecule has 240 valence electrons. The number of pyridine rings is 1. The lowest BCUT2D eigenvalue weighted by Gasteiger charge is -2.28. The van der Waals surface area contributed by atoms with Gasteiger partial charge in [-0.15, -0.1) is 0 Å². The Kier molecular flexibility index (Phi) is 9.81. The Morgan fingerprint density at radius 2 is 1.38 bits per heavy atom. The summed E-state index contributed by atoms with van der Waals surface area (Å²) in [5.74, 6) is -0.0786. The monoisotopic (exact) mass is 704 g/mol. The van der Waals surface area contributed by atoms with Crippen LogP contribution in [0.15, 0.2) is 77.4 Å². The molecule has 45 heavy (non-hydrogen) atoms. The molecule has 0 saturated heterocycles. The van der Waals surface area contributed by atoms with Crippen molar-refractivity contribution >= 4 is 21.7 Å². The number of benzene rings is 3. The number of aromatic nitrogens is 1. The Morgan fingerprint density at radius 1 is 0.756 bits per heavy atom. The molecule has 0 N–H and O–H groups in total. The smallest absolute Gasteiger partial charge is 0.416 e. The summed E-state index contributed by atoms with van der Waals surface area (Å²) in [6.45, 7) is 2.32. The number of hydrogen-bond acceptors (Lipinski definition) is 3. The van der Waals surface area contributed by atoms with E-state index in [0.29, 0.717) is 33.5 Å². The van der Waals surface area contributed by atoms with Gasteiger partial charge in [0.2, 0.25) is 0 Å². The SMILES string of the molecule is COc1ccccc1-c1cc(C(C)C)c(C(F)(F)F)cc1CN(Cc1cc(C(F)(F)F)cc(C(F)(F)F)c1)c1ccc(Br)cn1. The number of methoxy groups -OCH3 is 1. The van der Waals surface area contributed by atoms with Crippen molar-refractivity contribution in [3.8, 4) is 16.9 Å². The molecule has 0 amide bonds. The van der Waals surface area contributed by atoms with Gasteiger partial charge < -0.3 is 9.64 Å². The van der Waals surface area contributed by atoms with Crippen molar-refractivity contribution in [2.24, 2.45) is 0 Å². The third-order valence-electron chi connectivity index (χ3n) is 7.02. The second-order valence-corrected chi connectivity index (χ2v) is 11.5. The summed E-state index contributed by atoms with van der Waals surface area (Å²) in [4.78, 5) is 5.58. The van der Waals surface area contributed by atoms with Crippen LogP contribution < -0.4 is 9.64 Å². The van der Waals surface area contributed by atoms with E-state index < -0.39 is 47.7 Å². The van der Waals surface area contributed by atoms with Crippen molar-refractivity contribution < 1.29 is 44.3 Å². The van der Waals surface area contributed by atoms with Gasteiger partial charge >= 0.3 is 18.5 Å². The third kappa shape index (κ3) is 8.11. The zero-order chi connectivity index (χ0) is 33.3. The van der Waals surface area contributed by atoms with E-state index in [1.165, 1.54) is 30.3 Å². The van der Waals surface area contributed by atoms with Crippen molar-refractivity contribution in [3.63, 3.8) is 0 Å². The van der Waals surface area contributed by atoms with Gasteiger partial charge in [0, 0.05) is 29.3 Å². The molecule has 3 nitrogen and oxygen atoms in total. The highest BCUT2D eigenvalue weighted by atomic mass is 79.9. The van der Waals surface area contributed by atoms with Gasteiger partial charge in [0.25, 0.3) is 0 Å². The summed E-state index contributed by atoms with van der Waals surface area (Å²) >= 11 is 3.23. The molecule has 0 saturated carbocycles. The van der Waals surface area contributed by atoms with Gasteiger partial charge in [0.15, 0.2) is 0 Å². The molecule has 0 bridgehead atoms. The van der Waals surface area contributed by atoms with Crippen LogP contribution in [0.4, 0.5) is 45.3 Å². The van der Waals surface area contributed by atoms with Crippen LogP contribution in [0, 0.1) is 0 Å². The van der Waals surface area contributed by atoms with E-state index in [9.17, 15) is 39.5 Å². The van der Waals surface area contributed by atoms with Gasteiger partial charge in [-0.3, -0.25) is 0 Å². The first kappa shape index (κ1) is 34.1. The molecule has 0 spiro atoms. The van der Waals surface area contributed by atoms with E-state index in [0.717, 1.165) is 6.07 Å². The van der Waals surface area contributed by atoms with Crippen LogP contribution in [0.3, 0.4) is 0 Å². The molecule has 13 heteroatoms. The van der Waals surface area contributed by atoms with Gasteiger partial charge in [-0.25, -0.2) is 4.98 Å². The molecule has 3 aromatic carbocycles. The van der Waals surface area contributed by atoms with Gasteiger partial charge in [0.05, 0.1) is 23.8 Å². The number of anilines is 1. The molecule has 0 unspecified atom stereocenters. The Balaban J connectivity index is 1.95. The minimum Gasteiger partial charge on any atom is -0.496 e. The van der Waals surface area contributed by atoms with Crippen molar-refractivity contribution in [2.45, 2.75) is 51.4 Å². The lowest BCUT2D eigenvalue weighted by Crippen LogP contribution is -2.25. The van der Waals surface area contributed by atoms with E-state index in [-0.39, 0.29) is 35.1 Å². The Morgan fingerprint density at radius 3 is 1.89 bits per heavy atom. The number of ether oxygens (including phenoxy) is 1. The van der Waals surface area contributed by atoms with E-state index in [1.807, 2.05) is 0 Å². The summed E-state index contributed by atoms with van der Waals surface area (Å²) in [5.41, 5.74) is -3.38. The first-order valence-corrected chi connectivity index (χ1v) is 14.2. The van der Waals surface area contributed by atoms with Crippen LogP contribution in [-0.4, -0.2) is 12.1 Å². The standard InChI is InChI=1S/C32H26BrF9N2O/c1-18(2)25-14-26(24-6-4-5-7-28(24)45-3)20(12-27(25)32(40,41)42)17-44(29-9-8-23(33)15-43-29)16-19-10-21(30(34,35)36)13-22(11-19)31(37,38)39/h4-15,18H,16-17H2,1-3H3. The largest absolute Gasteiger partial charge is 0.496 e. The van der Waals surface area contributed by atoms with E-state index in [4.69, 9.17) is 4.74 Å². The fourth-order valence-electron chi connectivity index (χ4n) is 4.94. The average molecular weight is 705 g/mol. The van der Waals surface area contributed by atoms with Gasteiger partial charge in [-0.2, -0.15) is 39.5 Å². The molecule has 0 fully saturated rings. The number of hydrogen-bond donors (Lipinski definition) is 0. The summed E-state index contributed by atoms with van der Waals surface area (Å²) in [7, 11) is 1.40. The zero-order valence-electron chi connectivity index (χ0n) is 24.0. The highest BCUT2D eigenvalue weighted by Gasteiger charge is 2.38. The predicted octanol–water partition coefficient (Wildman–Crippen LogP) is 10.9. The molecule has 0 aliphatic carbocycles. The zero-order valence-corrected chi connectivity index (χ0v) is 25.6. The van der Waals surface area contributed by atoms with Gasteiger partial charge in [0.1, 0.15) is 11.6 Å². The van der Waals surface area contributed by atoms with Crippen molar-refractivity contribution in [1.29, 1.82) is 0 Å². The average Bonchev–Trinajstić information content (AvgIpc) is 2.95. The van der Waals surface area contributed by atoms with Crippen LogP contribution in [0.25, 0.3) is 11.1 Å². The topological polar surface area (TPSA) is 25.4 Å². The number of rotatable bonds is 8. The fourth-order valence-corrected chi connectivity index (χ4v) is 5.18. The van der Waals surface area contributed by atoms with E-state index >= 15 is 0 Å². The maximum absolute atomic E-state index is 14.4. The highest BCUT2D eigenvalue weighted by molar-refractivity contribution is 9.10. The quantitative estimate of drug-likeness (QED) is 0.171. The maximum Gasteiger partial charge on any atom is 0.416 e. The molecule has 0 aliphatic rings. The Labute approximate surface area is 261 Å². The lowest BCUT2D eigenvalue weighted by molar-refractivity contribution is -0.143. The molecule has 0 aliphatic heterocycles. The highest BCUT2D eigenvalue weighted by Crippen LogP contribution is 2.42. The van der Waals surface area contributed by atoms with Crippen LogP contribution in [0.1, 0.15) is 53.1 Å². The van der Waals surface area contributed by atoms with Crippen LogP contribution in [0.2, 0.25) is 0 Å². The van der Waals surface area contributed by atoms with Crippen molar-refractivity contribution in [2.75, 3.05) is 12.0 Å². The molecule has 4 rings (SSSR count). The van der Waals surface area contributed by atoms with Gasteiger partial charge in [-0.05, 0) is 92.6 Å². The molecular weight excluding hydrogens is 679 g/mol. The number of halogens is 10. The first-order chi connectivity index (χ1) is 20.9. The normalized spacial score (nSPS) is 12.5. The second kappa shape index (κ2) is 12.9. The summed E-state index contributed by atoms with van der Waals surface area (Å²) in [5, 5.41) is 0. The molecule has 4 aromatic rings. The molecule has 1 aromatic heterocycles. The fraction of sp³-hybridized carbons (Fsp3) is 0.281. The third-order valence-corrected chi connectivity index (χ3v) is 7.49. The van der Waals surface area contributed by atoms with Crippen molar-refractivity contribution in [3.05, 3.63) is 111 Å². The van der Waals surface area contributed by atoms with Crippen LogP contribution >= 0.6 is 15.9 Å². The number of nitrogens with zero attached hydrogens (tertiary/aromatic N) is 2. The van der Waals surface area contributed by atoms with Gasteiger partial charge in [-0.1, -0.05) is 32.0 Å². The molecule has 1 heterocycles. The molecule has 0 atom stereocenters. The predicted molar refractivity (Wildman–Crippen MR) is 156 cm³/mol. The Bertz CT molecular complexity index is 1610. The van der Waals surface area contributed by atoms with Crippen LogP contribution in [0.5, 0.6) is 5.75 Å². The maximum atomic E-state index is 14.4. The van der Waals surface area contributed by atoms with Crippen molar-refractivity contribution in [1.82, 2.24) is 4.98 Å². The lowest BCUT2D eigenvalue weighted by atomic mass is 9.88. The van der Waals surface area contributed by atoms with Crippen LogP contribution in [-0.2, 0) is 31.6 Å². The summed E-state index contributed by atoms with van der Waals surface area (Å²) in [6.07, 6.45) is -13.6. The second-order valence-electron chi connectivity index (χ2n) is 10.6. The minimum absolute atomic E-state index is 0.00757.